The number of H-pyrrole nitrogens is 1. The van der Waals surface area contributed by atoms with Gasteiger partial charge in [-0.3, -0.25) is 4.79 Å². The number of phenols is 1. The van der Waals surface area contributed by atoms with Crippen LogP contribution in [0.4, 0.5) is 5.69 Å². The van der Waals surface area contributed by atoms with E-state index in [1.165, 1.54) is 0 Å². The molecule has 130 valence electrons. The highest BCUT2D eigenvalue weighted by Crippen LogP contribution is 2.31. The van der Waals surface area contributed by atoms with Gasteiger partial charge in [-0.05, 0) is 41.2 Å². The second kappa shape index (κ2) is 6.63. The summed E-state index contributed by atoms with van der Waals surface area (Å²) < 4.78 is 0. The molecule has 2 aromatic carbocycles. The van der Waals surface area contributed by atoms with Crippen LogP contribution in [0.15, 0.2) is 48.7 Å². The molecule has 1 amide bonds. The Hall–Kier alpha value is -2.75. The van der Waals surface area contributed by atoms with E-state index in [-0.39, 0.29) is 17.1 Å². The van der Waals surface area contributed by atoms with Crippen LogP contribution in [0, 0.1) is 0 Å². The number of rotatable bonds is 4. The van der Waals surface area contributed by atoms with E-state index in [2.05, 4.69) is 37.1 Å². The minimum atomic E-state index is -0.105. The van der Waals surface area contributed by atoms with E-state index >= 15 is 0 Å². The number of amides is 1. The maximum Gasteiger partial charge on any atom is 0.224 e. The second-order valence-corrected chi connectivity index (χ2v) is 7.39. The van der Waals surface area contributed by atoms with Gasteiger partial charge in [-0.15, -0.1) is 0 Å². The fourth-order valence-corrected chi connectivity index (χ4v) is 2.90. The van der Waals surface area contributed by atoms with E-state index in [1.54, 1.807) is 6.07 Å². The van der Waals surface area contributed by atoms with Crippen molar-refractivity contribution in [1.82, 2.24) is 4.98 Å². The van der Waals surface area contributed by atoms with Crippen LogP contribution in [0.5, 0.6) is 5.75 Å². The van der Waals surface area contributed by atoms with E-state index in [9.17, 15) is 9.90 Å². The minimum Gasteiger partial charge on any atom is -0.506 e. The molecule has 0 fully saturated rings. The van der Waals surface area contributed by atoms with E-state index in [0.717, 1.165) is 22.0 Å². The van der Waals surface area contributed by atoms with Crippen LogP contribution in [-0.2, 0) is 16.6 Å². The molecular weight excluding hydrogens is 312 g/mol. The molecule has 0 unspecified atom stereocenters. The third-order valence-electron chi connectivity index (χ3n) is 4.43. The molecule has 3 rings (SSSR count). The largest absolute Gasteiger partial charge is 0.506 e. The van der Waals surface area contributed by atoms with Gasteiger partial charge in [-0.1, -0.05) is 45.0 Å². The fourth-order valence-electron chi connectivity index (χ4n) is 2.90. The third kappa shape index (κ3) is 3.85. The summed E-state index contributed by atoms with van der Waals surface area (Å²) in [4.78, 5) is 15.5. The molecule has 0 saturated heterocycles. The molecule has 1 heterocycles. The normalized spacial score (nSPS) is 11.6. The van der Waals surface area contributed by atoms with Gasteiger partial charge >= 0.3 is 0 Å². The highest BCUT2D eigenvalue weighted by atomic mass is 16.3. The van der Waals surface area contributed by atoms with Gasteiger partial charge in [0.15, 0.2) is 0 Å². The van der Waals surface area contributed by atoms with Crippen molar-refractivity contribution >= 4 is 22.5 Å². The Balaban J connectivity index is 1.69. The molecular formula is C21H24N2O2. The van der Waals surface area contributed by atoms with Crippen LogP contribution in [0.25, 0.3) is 10.9 Å². The molecule has 0 bridgehead atoms. The SMILES string of the molecule is CC(C)(C)c1ccc(O)c(NC(=O)CCc2c[nH]c3ccccc23)c1. The van der Waals surface area contributed by atoms with Crippen molar-refractivity contribution in [3.63, 3.8) is 0 Å². The lowest BCUT2D eigenvalue weighted by Crippen LogP contribution is -2.15. The molecule has 0 aliphatic heterocycles. The topological polar surface area (TPSA) is 65.1 Å². The van der Waals surface area contributed by atoms with Crippen molar-refractivity contribution in [2.24, 2.45) is 0 Å². The van der Waals surface area contributed by atoms with Gasteiger partial charge in [-0.2, -0.15) is 0 Å². The lowest BCUT2D eigenvalue weighted by atomic mass is 9.87. The summed E-state index contributed by atoms with van der Waals surface area (Å²) in [5, 5.41) is 14.0. The lowest BCUT2D eigenvalue weighted by Gasteiger charge is -2.20. The predicted octanol–water partition coefficient (Wildman–Crippen LogP) is 4.74. The number of fused-ring (bicyclic) bond motifs is 1. The summed E-state index contributed by atoms with van der Waals surface area (Å²) in [6.45, 7) is 6.30. The number of hydrogen-bond acceptors (Lipinski definition) is 2. The van der Waals surface area contributed by atoms with E-state index in [4.69, 9.17) is 0 Å². The van der Waals surface area contributed by atoms with Gasteiger partial charge in [0.05, 0.1) is 5.69 Å². The minimum absolute atomic E-state index is 0.0444. The molecule has 0 radical (unpaired) electrons. The van der Waals surface area contributed by atoms with Gasteiger partial charge in [0, 0.05) is 23.5 Å². The summed E-state index contributed by atoms with van der Waals surface area (Å²) in [5.74, 6) is -0.0138. The Labute approximate surface area is 147 Å². The summed E-state index contributed by atoms with van der Waals surface area (Å²) in [6, 6.07) is 13.4. The molecule has 0 spiro atoms. The highest BCUT2D eigenvalue weighted by molar-refractivity contribution is 5.93. The van der Waals surface area contributed by atoms with E-state index in [1.807, 2.05) is 36.5 Å². The number of aryl methyl sites for hydroxylation is 1. The molecule has 1 aromatic heterocycles. The molecule has 3 aromatic rings. The van der Waals surface area contributed by atoms with E-state index in [0.29, 0.717) is 18.5 Å². The smallest absolute Gasteiger partial charge is 0.224 e. The van der Waals surface area contributed by atoms with Crippen molar-refractivity contribution in [3.8, 4) is 5.75 Å². The summed E-state index contributed by atoms with van der Waals surface area (Å²) in [7, 11) is 0. The summed E-state index contributed by atoms with van der Waals surface area (Å²) >= 11 is 0. The predicted molar refractivity (Wildman–Crippen MR) is 102 cm³/mol. The Bertz CT molecular complexity index is 904. The van der Waals surface area contributed by atoms with Gasteiger partial charge in [0.2, 0.25) is 5.91 Å². The molecule has 0 aliphatic rings. The van der Waals surface area contributed by atoms with Crippen LogP contribution in [0.2, 0.25) is 0 Å². The second-order valence-electron chi connectivity index (χ2n) is 7.39. The first kappa shape index (κ1) is 17.1. The number of aromatic amines is 1. The van der Waals surface area contributed by atoms with Gasteiger partial charge < -0.3 is 15.4 Å². The van der Waals surface area contributed by atoms with Gasteiger partial charge in [-0.25, -0.2) is 0 Å². The Kier molecular flexibility index (Phi) is 4.53. The third-order valence-corrected chi connectivity index (χ3v) is 4.43. The zero-order valence-electron chi connectivity index (χ0n) is 14.9. The average Bonchev–Trinajstić information content (AvgIpc) is 2.97. The summed E-state index contributed by atoms with van der Waals surface area (Å²) in [6.07, 6.45) is 2.96. The first-order chi connectivity index (χ1) is 11.8. The molecule has 25 heavy (non-hydrogen) atoms. The highest BCUT2D eigenvalue weighted by Gasteiger charge is 2.16. The zero-order valence-corrected chi connectivity index (χ0v) is 14.9. The number of carbonyl (C=O) groups is 1. The number of phenolic OH excluding ortho intramolecular Hbond substituents is 1. The van der Waals surface area contributed by atoms with Crippen molar-refractivity contribution in [1.29, 1.82) is 0 Å². The maximum absolute atomic E-state index is 12.3. The molecule has 4 nitrogen and oxygen atoms in total. The monoisotopic (exact) mass is 336 g/mol. The number of nitrogens with one attached hydrogen (secondary N) is 2. The number of aromatic nitrogens is 1. The molecule has 3 N–H and O–H groups in total. The quantitative estimate of drug-likeness (QED) is 0.602. The lowest BCUT2D eigenvalue weighted by molar-refractivity contribution is -0.116. The first-order valence-electron chi connectivity index (χ1n) is 8.53. The standard InChI is InChI=1S/C21H24N2O2/c1-21(2,3)15-9-10-19(24)18(12-15)23-20(25)11-8-14-13-22-17-7-5-4-6-16(14)17/h4-7,9-10,12-13,22,24H,8,11H2,1-3H3,(H,23,25). The van der Waals surface area contributed by atoms with Gasteiger partial charge in [0.1, 0.15) is 5.75 Å². The van der Waals surface area contributed by atoms with Crippen LogP contribution in [0.1, 0.15) is 38.3 Å². The number of para-hydroxylation sites is 1. The molecule has 0 saturated carbocycles. The van der Waals surface area contributed by atoms with E-state index < -0.39 is 0 Å². The van der Waals surface area contributed by atoms with Crippen molar-refractivity contribution in [2.45, 2.75) is 39.0 Å². The van der Waals surface area contributed by atoms with Crippen LogP contribution >= 0.6 is 0 Å². The summed E-state index contributed by atoms with van der Waals surface area (Å²) in [5.41, 5.74) is 3.69. The number of hydrogen-bond donors (Lipinski definition) is 3. The van der Waals surface area contributed by atoms with Crippen LogP contribution in [0.3, 0.4) is 0 Å². The van der Waals surface area contributed by atoms with Crippen molar-refractivity contribution in [3.05, 3.63) is 59.8 Å². The Morgan fingerprint density at radius 3 is 2.68 bits per heavy atom. The average molecular weight is 336 g/mol. The number of benzene rings is 2. The maximum atomic E-state index is 12.3. The fraction of sp³-hybridized carbons (Fsp3) is 0.286. The molecule has 0 atom stereocenters. The van der Waals surface area contributed by atoms with Crippen molar-refractivity contribution in [2.75, 3.05) is 5.32 Å². The number of carbonyl (C=O) groups excluding carboxylic acids is 1. The molecule has 4 heteroatoms. The van der Waals surface area contributed by atoms with Crippen LogP contribution in [-0.4, -0.2) is 16.0 Å². The first-order valence-corrected chi connectivity index (χ1v) is 8.53. The number of anilines is 1. The van der Waals surface area contributed by atoms with Crippen molar-refractivity contribution < 1.29 is 9.90 Å². The zero-order chi connectivity index (χ0) is 18.0. The Morgan fingerprint density at radius 1 is 1.16 bits per heavy atom. The van der Waals surface area contributed by atoms with Crippen LogP contribution < -0.4 is 5.32 Å². The van der Waals surface area contributed by atoms with Gasteiger partial charge in [0.25, 0.3) is 0 Å². The molecule has 0 aliphatic carbocycles. The number of aromatic hydroxyl groups is 1. The Morgan fingerprint density at radius 2 is 1.92 bits per heavy atom.